The van der Waals surface area contributed by atoms with Crippen molar-refractivity contribution in [3.63, 3.8) is 0 Å². The van der Waals surface area contributed by atoms with Crippen molar-refractivity contribution >= 4 is 22.8 Å². The van der Waals surface area contributed by atoms with E-state index in [-0.39, 0.29) is 16.6 Å². The maximum atomic E-state index is 13.6. The van der Waals surface area contributed by atoms with Crippen molar-refractivity contribution in [1.29, 1.82) is 0 Å². The zero-order chi connectivity index (χ0) is 19.2. The number of carbonyl (C=O) groups is 2. The fourth-order valence-electron chi connectivity index (χ4n) is 2.20. The molecule has 0 aliphatic rings. The maximum absolute atomic E-state index is 13.6. The van der Waals surface area contributed by atoms with Gasteiger partial charge in [-0.1, -0.05) is 0 Å². The van der Waals surface area contributed by atoms with Crippen LogP contribution < -0.4 is 4.74 Å². The Morgan fingerprint density at radius 1 is 0.885 bits per heavy atom. The van der Waals surface area contributed by atoms with Crippen molar-refractivity contribution in [3.05, 3.63) is 64.6 Å². The molecule has 0 unspecified atom stereocenters. The van der Waals surface area contributed by atoms with Crippen LogP contribution in [0.2, 0.25) is 0 Å². The van der Waals surface area contributed by atoms with Gasteiger partial charge in [-0.05, 0) is 24.3 Å². The number of hydrogen-bond donors (Lipinski definition) is 2. The molecule has 0 radical (unpaired) electrons. The number of H-pyrrole nitrogens is 1. The van der Waals surface area contributed by atoms with Gasteiger partial charge >= 0.3 is 11.9 Å². The number of rotatable bonds is 3. The molecule has 0 aliphatic heterocycles. The third-order valence-electron chi connectivity index (χ3n) is 3.45. The SMILES string of the molecule is O=C(O)c1ccc2[nH]c(C(=O)Oc3c(F)c(F)c(F)c(F)c3F)cc2c1. The highest BCUT2D eigenvalue weighted by Gasteiger charge is 2.29. The van der Waals surface area contributed by atoms with E-state index in [9.17, 15) is 31.5 Å². The van der Waals surface area contributed by atoms with Crippen LogP contribution in [0.15, 0.2) is 24.3 Å². The number of fused-ring (bicyclic) bond motifs is 1. The van der Waals surface area contributed by atoms with Gasteiger partial charge in [-0.2, -0.15) is 8.78 Å². The second-order valence-electron chi connectivity index (χ2n) is 5.08. The van der Waals surface area contributed by atoms with E-state index < -0.39 is 46.8 Å². The Labute approximate surface area is 140 Å². The van der Waals surface area contributed by atoms with Gasteiger partial charge in [-0.3, -0.25) is 0 Å². The normalized spacial score (nSPS) is 11.0. The van der Waals surface area contributed by atoms with Gasteiger partial charge in [0.2, 0.25) is 34.8 Å². The monoisotopic (exact) mass is 371 g/mol. The summed E-state index contributed by atoms with van der Waals surface area (Å²) in [5.41, 5.74) is -0.179. The second kappa shape index (κ2) is 6.14. The Balaban J connectivity index is 1.99. The highest BCUT2D eigenvalue weighted by atomic mass is 19.2. The lowest BCUT2D eigenvalue weighted by molar-refractivity contribution is 0.0692. The van der Waals surface area contributed by atoms with Crippen LogP contribution in [0.5, 0.6) is 5.75 Å². The first-order chi connectivity index (χ1) is 12.2. The van der Waals surface area contributed by atoms with Crippen LogP contribution in [0.3, 0.4) is 0 Å². The first-order valence-corrected chi connectivity index (χ1v) is 6.80. The summed E-state index contributed by atoms with van der Waals surface area (Å²) < 4.78 is 70.6. The molecule has 5 nitrogen and oxygen atoms in total. The number of nitrogens with one attached hydrogen (secondary N) is 1. The fourth-order valence-corrected chi connectivity index (χ4v) is 2.20. The zero-order valence-corrected chi connectivity index (χ0v) is 12.4. The van der Waals surface area contributed by atoms with Crippen molar-refractivity contribution in [2.45, 2.75) is 0 Å². The highest BCUT2D eigenvalue weighted by molar-refractivity contribution is 5.98. The van der Waals surface area contributed by atoms with Crippen molar-refractivity contribution in [2.24, 2.45) is 0 Å². The lowest BCUT2D eigenvalue weighted by Crippen LogP contribution is -2.14. The van der Waals surface area contributed by atoms with Crippen LogP contribution in [0, 0.1) is 29.1 Å². The molecule has 2 N–H and O–H groups in total. The van der Waals surface area contributed by atoms with Gasteiger partial charge in [0.25, 0.3) is 0 Å². The van der Waals surface area contributed by atoms with Gasteiger partial charge < -0.3 is 14.8 Å². The highest BCUT2D eigenvalue weighted by Crippen LogP contribution is 2.30. The topological polar surface area (TPSA) is 79.4 Å². The standard InChI is InChI=1S/C16H6F5NO4/c17-9-10(18)12(20)14(13(21)11(9)19)26-16(25)8-4-6-3-5(15(23)24)1-2-7(6)22-8/h1-4,22H,(H,23,24). The van der Waals surface area contributed by atoms with Crippen LogP contribution in [0.1, 0.15) is 20.8 Å². The number of esters is 1. The molecule has 134 valence electrons. The van der Waals surface area contributed by atoms with E-state index in [0.717, 1.165) is 6.07 Å². The van der Waals surface area contributed by atoms with Gasteiger partial charge in [-0.25, -0.2) is 22.8 Å². The molecule has 0 spiro atoms. The molecule has 26 heavy (non-hydrogen) atoms. The van der Waals surface area contributed by atoms with E-state index >= 15 is 0 Å². The van der Waals surface area contributed by atoms with E-state index in [2.05, 4.69) is 9.72 Å². The summed E-state index contributed by atoms with van der Waals surface area (Å²) in [4.78, 5) is 25.4. The number of carbonyl (C=O) groups excluding carboxylic acids is 1. The number of halogens is 5. The number of aromatic nitrogens is 1. The van der Waals surface area contributed by atoms with E-state index in [1.54, 1.807) is 0 Å². The van der Waals surface area contributed by atoms with E-state index in [0.29, 0.717) is 5.52 Å². The largest absolute Gasteiger partial charge is 0.478 e. The average molecular weight is 371 g/mol. The second-order valence-corrected chi connectivity index (χ2v) is 5.08. The Hall–Kier alpha value is -3.43. The number of hydrogen-bond acceptors (Lipinski definition) is 3. The predicted molar refractivity (Wildman–Crippen MR) is 76.4 cm³/mol. The van der Waals surface area contributed by atoms with Crippen LogP contribution in [-0.4, -0.2) is 22.0 Å². The Kier molecular flexibility index (Phi) is 4.10. The molecule has 0 saturated carbocycles. The smallest absolute Gasteiger partial charge is 0.360 e. The predicted octanol–water partition coefficient (Wildman–Crippen LogP) is 3.78. The molecule has 0 aliphatic carbocycles. The number of aromatic amines is 1. The minimum atomic E-state index is -2.38. The number of carboxylic acid groups (broad SMARTS) is 1. The minimum absolute atomic E-state index is 0.0869. The molecule has 3 aromatic rings. The number of ether oxygens (including phenoxy) is 1. The molecule has 0 saturated heterocycles. The first kappa shape index (κ1) is 17.4. The summed E-state index contributed by atoms with van der Waals surface area (Å²) in [7, 11) is 0. The third-order valence-corrected chi connectivity index (χ3v) is 3.45. The van der Waals surface area contributed by atoms with Crippen LogP contribution in [0.25, 0.3) is 10.9 Å². The number of aromatic carboxylic acids is 1. The Morgan fingerprint density at radius 2 is 1.46 bits per heavy atom. The molecule has 0 fully saturated rings. The van der Waals surface area contributed by atoms with Crippen molar-refractivity contribution in [2.75, 3.05) is 0 Å². The van der Waals surface area contributed by atoms with Crippen molar-refractivity contribution in [1.82, 2.24) is 4.98 Å². The number of benzene rings is 2. The van der Waals surface area contributed by atoms with Crippen molar-refractivity contribution < 1.29 is 41.4 Å². The molecular weight excluding hydrogens is 365 g/mol. The lowest BCUT2D eigenvalue weighted by atomic mass is 10.1. The van der Waals surface area contributed by atoms with E-state index in [1.807, 2.05) is 0 Å². The minimum Gasteiger partial charge on any atom is -0.478 e. The van der Waals surface area contributed by atoms with Crippen LogP contribution in [-0.2, 0) is 0 Å². The maximum Gasteiger partial charge on any atom is 0.360 e. The lowest BCUT2D eigenvalue weighted by Gasteiger charge is -2.07. The van der Waals surface area contributed by atoms with Crippen LogP contribution in [0.4, 0.5) is 22.0 Å². The third kappa shape index (κ3) is 2.75. The van der Waals surface area contributed by atoms with E-state index in [4.69, 9.17) is 5.11 Å². The first-order valence-electron chi connectivity index (χ1n) is 6.80. The molecule has 0 atom stereocenters. The quantitative estimate of drug-likeness (QED) is 0.241. The molecule has 1 heterocycles. The fraction of sp³-hybridized carbons (Fsp3) is 0. The summed E-state index contributed by atoms with van der Waals surface area (Å²) >= 11 is 0. The molecule has 0 amide bonds. The number of carboxylic acids is 1. The van der Waals surface area contributed by atoms with Gasteiger partial charge in [0.15, 0.2) is 0 Å². The average Bonchev–Trinajstić information content (AvgIpc) is 3.05. The summed E-state index contributed by atoms with van der Waals surface area (Å²) in [6.07, 6.45) is 0. The summed E-state index contributed by atoms with van der Waals surface area (Å²) in [6, 6.07) is 4.88. The van der Waals surface area contributed by atoms with Crippen LogP contribution >= 0.6 is 0 Å². The molecule has 0 bridgehead atoms. The zero-order valence-electron chi connectivity index (χ0n) is 12.4. The van der Waals surface area contributed by atoms with Gasteiger partial charge in [-0.15, -0.1) is 0 Å². The molecule has 3 rings (SSSR count). The Bertz CT molecular complexity index is 1050. The van der Waals surface area contributed by atoms with Crippen molar-refractivity contribution in [3.8, 4) is 5.75 Å². The molecule has 2 aromatic carbocycles. The van der Waals surface area contributed by atoms with Gasteiger partial charge in [0, 0.05) is 10.9 Å². The summed E-state index contributed by atoms with van der Waals surface area (Å²) in [6.45, 7) is 0. The van der Waals surface area contributed by atoms with Gasteiger partial charge in [0.1, 0.15) is 5.69 Å². The molecule has 10 heteroatoms. The molecule has 1 aromatic heterocycles. The molecular formula is C16H6F5NO4. The summed E-state index contributed by atoms with van der Waals surface area (Å²) in [5, 5.41) is 9.16. The Morgan fingerprint density at radius 3 is 2.04 bits per heavy atom. The summed E-state index contributed by atoms with van der Waals surface area (Å²) in [5.74, 6) is -15.9. The van der Waals surface area contributed by atoms with Gasteiger partial charge in [0.05, 0.1) is 5.56 Å². The van der Waals surface area contributed by atoms with E-state index in [1.165, 1.54) is 18.2 Å².